The van der Waals surface area contributed by atoms with Crippen molar-refractivity contribution in [2.75, 3.05) is 26.1 Å². The Labute approximate surface area is 208 Å². The van der Waals surface area contributed by atoms with Gasteiger partial charge in [0.05, 0.1) is 23.9 Å². The van der Waals surface area contributed by atoms with Gasteiger partial charge in [-0.25, -0.2) is 5.43 Å². The number of carbonyl (C=O) groups is 2. The Morgan fingerprint density at radius 3 is 2.37 bits per heavy atom. The van der Waals surface area contributed by atoms with Gasteiger partial charge >= 0.3 is 0 Å². The first kappa shape index (κ1) is 25.3. The number of ether oxygens (including phenoxy) is 1. The van der Waals surface area contributed by atoms with E-state index >= 15 is 0 Å². The summed E-state index contributed by atoms with van der Waals surface area (Å²) in [4.78, 5) is 27.7. The van der Waals surface area contributed by atoms with Gasteiger partial charge in [0.15, 0.2) is 11.5 Å². The number of phenols is 1. The number of halogens is 1. The van der Waals surface area contributed by atoms with E-state index in [0.717, 1.165) is 5.69 Å². The number of anilines is 1. The largest absolute Gasteiger partial charge is 0.504 e. The minimum Gasteiger partial charge on any atom is -0.504 e. The van der Waals surface area contributed by atoms with Crippen LogP contribution in [0.4, 0.5) is 5.69 Å². The molecule has 0 atom stereocenters. The number of hydrazone groups is 1. The van der Waals surface area contributed by atoms with Crippen LogP contribution >= 0.6 is 11.6 Å². The van der Waals surface area contributed by atoms with Crippen LogP contribution in [0.2, 0.25) is 5.02 Å². The molecule has 9 heteroatoms. The molecule has 0 spiro atoms. The number of hydrogen-bond donors (Lipinski definition) is 3. The molecule has 0 fully saturated rings. The van der Waals surface area contributed by atoms with Crippen molar-refractivity contribution in [3.8, 4) is 11.5 Å². The SMILES string of the molecule is COc1cc(C=NNC(=O)/C(=C\c2ccc(N(C)C)cc2)NC(=O)c2ccccc2Cl)ccc1O. The number of phenolic OH excluding ortho intramolecular Hbond substituents is 1. The summed E-state index contributed by atoms with van der Waals surface area (Å²) < 4.78 is 5.07. The summed E-state index contributed by atoms with van der Waals surface area (Å²) in [6.07, 6.45) is 2.93. The smallest absolute Gasteiger partial charge is 0.287 e. The van der Waals surface area contributed by atoms with Gasteiger partial charge in [0.1, 0.15) is 5.70 Å². The highest BCUT2D eigenvalue weighted by molar-refractivity contribution is 6.34. The minimum atomic E-state index is -0.635. The average molecular weight is 493 g/mol. The molecule has 3 aromatic rings. The van der Waals surface area contributed by atoms with E-state index in [2.05, 4.69) is 15.8 Å². The molecule has 0 saturated heterocycles. The number of nitrogens with zero attached hydrogens (tertiary/aromatic N) is 2. The van der Waals surface area contributed by atoms with Crippen LogP contribution in [-0.2, 0) is 4.79 Å². The highest BCUT2D eigenvalue weighted by Crippen LogP contribution is 2.25. The van der Waals surface area contributed by atoms with Crippen molar-refractivity contribution < 1.29 is 19.4 Å². The van der Waals surface area contributed by atoms with E-state index in [1.165, 1.54) is 19.4 Å². The monoisotopic (exact) mass is 492 g/mol. The summed E-state index contributed by atoms with van der Waals surface area (Å²) in [5.41, 5.74) is 4.90. The lowest BCUT2D eigenvalue weighted by molar-refractivity contribution is -0.117. The molecule has 0 aliphatic rings. The van der Waals surface area contributed by atoms with Crippen molar-refractivity contribution in [1.29, 1.82) is 0 Å². The second kappa shape index (κ2) is 11.7. The molecule has 0 aliphatic carbocycles. The fourth-order valence-electron chi connectivity index (χ4n) is 3.03. The Kier molecular flexibility index (Phi) is 8.48. The van der Waals surface area contributed by atoms with Gasteiger partial charge in [-0.2, -0.15) is 5.10 Å². The molecular formula is C26H25ClN4O4. The van der Waals surface area contributed by atoms with Crippen LogP contribution < -0.4 is 20.4 Å². The van der Waals surface area contributed by atoms with Crippen molar-refractivity contribution in [1.82, 2.24) is 10.7 Å². The zero-order valence-electron chi connectivity index (χ0n) is 19.4. The van der Waals surface area contributed by atoms with Crippen molar-refractivity contribution in [2.45, 2.75) is 0 Å². The number of nitrogens with one attached hydrogen (secondary N) is 2. The number of hydrogen-bond acceptors (Lipinski definition) is 6. The molecule has 0 aromatic heterocycles. The summed E-state index contributed by atoms with van der Waals surface area (Å²) in [6.45, 7) is 0. The van der Waals surface area contributed by atoms with E-state index in [0.29, 0.717) is 11.1 Å². The summed E-state index contributed by atoms with van der Waals surface area (Å²) in [7, 11) is 5.28. The predicted molar refractivity (Wildman–Crippen MR) is 138 cm³/mol. The molecule has 0 bridgehead atoms. The first-order valence-electron chi connectivity index (χ1n) is 10.5. The Morgan fingerprint density at radius 1 is 1.03 bits per heavy atom. The molecule has 0 radical (unpaired) electrons. The number of carbonyl (C=O) groups excluding carboxylic acids is 2. The van der Waals surface area contributed by atoms with Crippen LogP contribution in [0.25, 0.3) is 6.08 Å². The van der Waals surface area contributed by atoms with Crippen LogP contribution in [-0.4, -0.2) is 44.3 Å². The van der Waals surface area contributed by atoms with E-state index in [1.54, 1.807) is 42.5 Å². The van der Waals surface area contributed by atoms with E-state index in [-0.39, 0.29) is 27.8 Å². The standard InChI is InChI=1S/C26H25ClN4O4/c1-31(2)19-11-8-17(9-12-19)14-22(29-25(33)20-6-4-5-7-21(20)27)26(34)30-28-16-18-10-13-23(32)24(15-18)35-3/h4-16,32H,1-3H3,(H,29,33)(H,30,34)/b22-14+,28-16?. The Bertz CT molecular complexity index is 1270. The van der Waals surface area contributed by atoms with E-state index < -0.39 is 11.8 Å². The van der Waals surface area contributed by atoms with Gasteiger partial charge in [-0.1, -0.05) is 35.9 Å². The molecular weight excluding hydrogens is 468 g/mol. The van der Waals surface area contributed by atoms with Crippen molar-refractivity contribution >= 4 is 41.4 Å². The minimum absolute atomic E-state index is 0.0125. The van der Waals surface area contributed by atoms with E-state index in [1.807, 2.05) is 43.3 Å². The summed E-state index contributed by atoms with van der Waals surface area (Å²) in [6, 6.07) is 18.6. The van der Waals surface area contributed by atoms with Gasteiger partial charge < -0.3 is 20.1 Å². The lowest BCUT2D eigenvalue weighted by Gasteiger charge is -2.13. The first-order valence-corrected chi connectivity index (χ1v) is 10.9. The van der Waals surface area contributed by atoms with Gasteiger partial charge in [-0.05, 0) is 59.7 Å². The predicted octanol–water partition coefficient (Wildman–Crippen LogP) is 4.04. The quantitative estimate of drug-likeness (QED) is 0.250. The molecule has 0 aliphatic heterocycles. The molecule has 2 amide bonds. The lowest BCUT2D eigenvalue weighted by atomic mass is 10.1. The second-order valence-corrected chi connectivity index (χ2v) is 8.02. The molecule has 3 aromatic carbocycles. The fourth-order valence-corrected chi connectivity index (χ4v) is 3.25. The maximum atomic E-state index is 12.9. The Balaban J connectivity index is 1.84. The average Bonchev–Trinajstić information content (AvgIpc) is 2.85. The normalized spacial score (nSPS) is 11.3. The zero-order chi connectivity index (χ0) is 25.4. The van der Waals surface area contributed by atoms with Gasteiger partial charge in [-0.15, -0.1) is 0 Å². The number of benzene rings is 3. The molecule has 3 rings (SSSR count). The van der Waals surface area contributed by atoms with Crippen LogP contribution in [0.1, 0.15) is 21.5 Å². The van der Waals surface area contributed by atoms with E-state index in [9.17, 15) is 14.7 Å². The maximum Gasteiger partial charge on any atom is 0.287 e. The third-order valence-corrected chi connectivity index (χ3v) is 5.24. The van der Waals surface area contributed by atoms with Crippen LogP contribution in [0.5, 0.6) is 11.5 Å². The molecule has 0 heterocycles. The van der Waals surface area contributed by atoms with Crippen LogP contribution in [0, 0.1) is 0 Å². The van der Waals surface area contributed by atoms with Gasteiger partial charge in [0, 0.05) is 19.8 Å². The zero-order valence-corrected chi connectivity index (χ0v) is 20.2. The highest BCUT2D eigenvalue weighted by Gasteiger charge is 2.16. The van der Waals surface area contributed by atoms with Gasteiger partial charge in [0.2, 0.25) is 0 Å². The molecule has 8 nitrogen and oxygen atoms in total. The first-order chi connectivity index (χ1) is 16.8. The van der Waals surface area contributed by atoms with E-state index in [4.69, 9.17) is 16.3 Å². The van der Waals surface area contributed by atoms with Crippen LogP contribution in [0.15, 0.2) is 77.5 Å². The van der Waals surface area contributed by atoms with Gasteiger partial charge in [0.25, 0.3) is 11.8 Å². The maximum absolute atomic E-state index is 12.9. The summed E-state index contributed by atoms with van der Waals surface area (Å²) >= 11 is 6.14. The number of rotatable bonds is 8. The highest BCUT2D eigenvalue weighted by atomic mass is 35.5. The number of aromatic hydroxyl groups is 1. The third kappa shape index (κ3) is 6.84. The number of methoxy groups -OCH3 is 1. The molecule has 180 valence electrons. The summed E-state index contributed by atoms with van der Waals surface area (Å²) in [5.74, 6) is -0.909. The Morgan fingerprint density at radius 2 is 1.71 bits per heavy atom. The van der Waals surface area contributed by atoms with Gasteiger partial charge in [-0.3, -0.25) is 9.59 Å². The molecule has 0 unspecified atom stereocenters. The van der Waals surface area contributed by atoms with Crippen LogP contribution in [0.3, 0.4) is 0 Å². The molecule has 3 N–H and O–H groups in total. The van der Waals surface area contributed by atoms with Crippen molar-refractivity contribution in [3.05, 3.63) is 94.1 Å². The van der Waals surface area contributed by atoms with Crippen molar-refractivity contribution in [2.24, 2.45) is 5.10 Å². The second-order valence-electron chi connectivity index (χ2n) is 7.61. The third-order valence-electron chi connectivity index (χ3n) is 4.92. The topological polar surface area (TPSA) is 103 Å². The number of amides is 2. The fraction of sp³-hybridized carbons (Fsp3) is 0.115. The molecule has 0 saturated carbocycles. The van der Waals surface area contributed by atoms with Crippen molar-refractivity contribution in [3.63, 3.8) is 0 Å². The molecule has 35 heavy (non-hydrogen) atoms. The summed E-state index contributed by atoms with van der Waals surface area (Å²) in [5, 5.41) is 16.6. The lowest BCUT2D eigenvalue weighted by Crippen LogP contribution is -2.33. The Hall–Kier alpha value is -4.30.